The summed E-state index contributed by atoms with van der Waals surface area (Å²) in [5.41, 5.74) is 0.857. The minimum absolute atomic E-state index is 0.0568. The van der Waals surface area contributed by atoms with Crippen LogP contribution in [0.2, 0.25) is 0 Å². The van der Waals surface area contributed by atoms with Gasteiger partial charge in [-0.2, -0.15) is 0 Å². The zero-order chi connectivity index (χ0) is 15.2. The second kappa shape index (κ2) is 7.36. The molecule has 116 valence electrons. The van der Waals surface area contributed by atoms with Gasteiger partial charge >= 0.3 is 5.69 Å². The molecule has 6 heteroatoms. The minimum Gasteiger partial charge on any atom is -0.364 e. The molecule has 2 heterocycles. The van der Waals surface area contributed by atoms with Crippen LogP contribution in [0.1, 0.15) is 38.2 Å². The van der Waals surface area contributed by atoms with Crippen molar-refractivity contribution in [3.05, 3.63) is 27.9 Å². The molecule has 1 fully saturated rings. The van der Waals surface area contributed by atoms with E-state index in [9.17, 15) is 10.1 Å². The predicted molar refractivity (Wildman–Crippen MR) is 83.6 cm³/mol. The zero-order valence-corrected chi connectivity index (χ0v) is 12.8. The van der Waals surface area contributed by atoms with Gasteiger partial charge in [-0.05, 0) is 45.2 Å². The third kappa shape index (κ3) is 4.39. The lowest BCUT2D eigenvalue weighted by molar-refractivity contribution is -0.384. The number of aromatic nitrogens is 1. The van der Waals surface area contributed by atoms with Gasteiger partial charge in [0.25, 0.3) is 0 Å². The SMILES string of the molecule is Cc1cnc(NCCCN2CCCCC2C)c([N+](=O)[O-])c1. The van der Waals surface area contributed by atoms with Gasteiger partial charge in [0.2, 0.25) is 5.82 Å². The Labute approximate surface area is 125 Å². The molecular weight excluding hydrogens is 268 g/mol. The number of nitro groups is 1. The molecule has 1 aromatic rings. The number of nitrogens with zero attached hydrogens (tertiary/aromatic N) is 3. The number of likely N-dealkylation sites (tertiary alicyclic amines) is 1. The van der Waals surface area contributed by atoms with Crippen LogP contribution >= 0.6 is 0 Å². The molecule has 21 heavy (non-hydrogen) atoms. The summed E-state index contributed by atoms with van der Waals surface area (Å²) in [7, 11) is 0. The molecule has 0 radical (unpaired) electrons. The first kappa shape index (κ1) is 15.7. The maximum atomic E-state index is 11.0. The molecule has 0 spiro atoms. The highest BCUT2D eigenvalue weighted by atomic mass is 16.6. The van der Waals surface area contributed by atoms with Gasteiger partial charge < -0.3 is 10.2 Å². The van der Waals surface area contributed by atoms with Crippen LogP contribution in [0.3, 0.4) is 0 Å². The average Bonchev–Trinajstić information content (AvgIpc) is 2.46. The summed E-state index contributed by atoms with van der Waals surface area (Å²) in [5, 5.41) is 14.1. The normalized spacial score (nSPS) is 19.4. The number of anilines is 1. The van der Waals surface area contributed by atoms with Gasteiger partial charge in [-0.3, -0.25) is 10.1 Å². The van der Waals surface area contributed by atoms with Crippen LogP contribution in [0.25, 0.3) is 0 Å². The van der Waals surface area contributed by atoms with E-state index in [1.165, 1.54) is 25.8 Å². The Morgan fingerprint density at radius 2 is 2.33 bits per heavy atom. The zero-order valence-electron chi connectivity index (χ0n) is 12.8. The average molecular weight is 292 g/mol. The second-order valence-electron chi connectivity index (χ2n) is 5.80. The van der Waals surface area contributed by atoms with Crippen LogP contribution in [-0.2, 0) is 0 Å². The first-order valence-electron chi connectivity index (χ1n) is 7.67. The van der Waals surface area contributed by atoms with Gasteiger partial charge in [-0.15, -0.1) is 0 Å². The van der Waals surface area contributed by atoms with E-state index in [1.54, 1.807) is 12.3 Å². The predicted octanol–water partition coefficient (Wildman–Crippen LogP) is 2.97. The summed E-state index contributed by atoms with van der Waals surface area (Å²) in [6, 6.07) is 2.22. The maximum absolute atomic E-state index is 11.0. The number of nitrogens with one attached hydrogen (secondary N) is 1. The van der Waals surface area contributed by atoms with Crippen LogP contribution in [0.5, 0.6) is 0 Å². The molecule has 1 aliphatic heterocycles. The topological polar surface area (TPSA) is 71.3 Å². The summed E-state index contributed by atoms with van der Waals surface area (Å²) in [6.45, 7) is 7.00. The Kier molecular flexibility index (Phi) is 5.50. The number of rotatable bonds is 6. The van der Waals surface area contributed by atoms with Gasteiger partial charge in [0.05, 0.1) is 4.92 Å². The fourth-order valence-corrected chi connectivity index (χ4v) is 2.81. The van der Waals surface area contributed by atoms with E-state index in [-0.39, 0.29) is 10.6 Å². The first-order chi connectivity index (χ1) is 10.1. The van der Waals surface area contributed by atoms with E-state index in [4.69, 9.17) is 0 Å². The highest BCUT2D eigenvalue weighted by Crippen LogP contribution is 2.22. The molecule has 2 rings (SSSR count). The lowest BCUT2D eigenvalue weighted by Gasteiger charge is -2.33. The summed E-state index contributed by atoms with van der Waals surface area (Å²) < 4.78 is 0. The minimum atomic E-state index is -0.380. The number of piperidine rings is 1. The van der Waals surface area contributed by atoms with Crippen molar-refractivity contribution < 1.29 is 4.92 Å². The molecule has 1 aromatic heterocycles. The summed E-state index contributed by atoms with van der Waals surface area (Å²) in [5.74, 6) is 0.372. The van der Waals surface area contributed by atoms with Crippen molar-refractivity contribution in [3.8, 4) is 0 Å². The second-order valence-corrected chi connectivity index (χ2v) is 5.80. The number of pyridine rings is 1. The van der Waals surface area contributed by atoms with Gasteiger partial charge in [0.15, 0.2) is 0 Å². The monoisotopic (exact) mass is 292 g/mol. The Bertz CT molecular complexity index is 493. The largest absolute Gasteiger partial charge is 0.364 e. The van der Waals surface area contributed by atoms with Crippen molar-refractivity contribution in [3.63, 3.8) is 0 Å². The van der Waals surface area contributed by atoms with E-state index in [2.05, 4.69) is 22.1 Å². The quantitative estimate of drug-likeness (QED) is 0.496. The lowest BCUT2D eigenvalue weighted by atomic mass is 10.0. The van der Waals surface area contributed by atoms with Crippen LogP contribution in [0, 0.1) is 17.0 Å². The molecule has 1 unspecified atom stereocenters. The maximum Gasteiger partial charge on any atom is 0.311 e. The first-order valence-corrected chi connectivity index (χ1v) is 7.67. The van der Waals surface area contributed by atoms with Crippen molar-refractivity contribution >= 4 is 11.5 Å². The molecule has 0 aliphatic carbocycles. The van der Waals surface area contributed by atoms with E-state index >= 15 is 0 Å². The van der Waals surface area contributed by atoms with Crippen LogP contribution in [-0.4, -0.2) is 40.5 Å². The van der Waals surface area contributed by atoms with E-state index in [0.29, 0.717) is 18.4 Å². The third-order valence-electron chi connectivity index (χ3n) is 4.06. The van der Waals surface area contributed by atoms with Gasteiger partial charge in [0, 0.05) is 31.4 Å². The fourth-order valence-electron chi connectivity index (χ4n) is 2.81. The van der Waals surface area contributed by atoms with Crippen LogP contribution < -0.4 is 5.32 Å². The van der Waals surface area contributed by atoms with Crippen LogP contribution in [0.4, 0.5) is 11.5 Å². The van der Waals surface area contributed by atoms with Crippen LogP contribution in [0.15, 0.2) is 12.3 Å². The Morgan fingerprint density at radius 1 is 1.52 bits per heavy atom. The van der Waals surface area contributed by atoms with Gasteiger partial charge in [0.1, 0.15) is 0 Å². The molecule has 0 amide bonds. The van der Waals surface area contributed by atoms with Crippen molar-refractivity contribution in [2.75, 3.05) is 25.0 Å². The molecule has 0 bridgehead atoms. The van der Waals surface area contributed by atoms with E-state index in [1.807, 2.05) is 6.92 Å². The Balaban J connectivity index is 1.82. The molecule has 1 aliphatic rings. The molecule has 1 N–H and O–H groups in total. The molecular formula is C15H24N4O2. The molecule has 0 aromatic carbocycles. The third-order valence-corrected chi connectivity index (χ3v) is 4.06. The Morgan fingerprint density at radius 3 is 3.05 bits per heavy atom. The number of hydrogen-bond acceptors (Lipinski definition) is 5. The van der Waals surface area contributed by atoms with Crippen molar-refractivity contribution in [1.82, 2.24) is 9.88 Å². The summed E-state index contributed by atoms with van der Waals surface area (Å²) >= 11 is 0. The van der Waals surface area contributed by atoms with Crippen molar-refractivity contribution in [2.24, 2.45) is 0 Å². The smallest absolute Gasteiger partial charge is 0.311 e. The highest BCUT2D eigenvalue weighted by Gasteiger charge is 2.18. The molecule has 0 saturated carbocycles. The molecule has 1 saturated heterocycles. The summed E-state index contributed by atoms with van der Waals surface area (Å²) in [4.78, 5) is 17.3. The summed E-state index contributed by atoms with van der Waals surface area (Å²) in [6.07, 6.45) is 6.51. The van der Waals surface area contributed by atoms with E-state index < -0.39 is 0 Å². The highest BCUT2D eigenvalue weighted by molar-refractivity contribution is 5.56. The fraction of sp³-hybridized carbons (Fsp3) is 0.667. The molecule has 6 nitrogen and oxygen atoms in total. The standard InChI is InChI=1S/C15H24N4O2/c1-12-10-14(19(20)21)15(17-11-12)16-7-5-9-18-8-4-3-6-13(18)2/h10-11,13H,3-9H2,1-2H3,(H,16,17). The lowest BCUT2D eigenvalue weighted by Crippen LogP contribution is -2.38. The number of aryl methyl sites for hydroxylation is 1. The van der Waals surface area contributed by atoms with Crippen molar-refractivity contribution in [1.29, 1.82) is 0 Å². The molecule has 1 atom stereocenters. The van der Waals surface area contributed by atoms with Gasteiger partial charge in [-0.25, -0.2) is 4.98 Å². The van der Waals surface area contributed by atoms with Crippen molar-refractivity contribution in [2.45, 2.75) is 45.6 Å². The Hall–Kier alpha value is -1.69. The number of hydrogen-bond donors (Lipinski definition) is 1. The van der Waals surface area contributed by atoms with E-state index in [0.717, 1.165) is 18.5 Å². The van der Waals surface area contributed by atoms with Gasteiger partial charge in [-0.1, -0.05) is 6.42 Å².